The molecular weight excluding hydrogens is 320 g/mol. The van der Waals surface area contributed by atoms with E-state index in [2.05, 4.69) is 15.6 Å². The summed E-state index contributed by atoms with van der Waals surface area (Å²) in [7, 11) is 0. The molecule has 1 aliphatic rings. The van der Waals surface area contributed by atoms with E-state index in [0.717, 1.165) is 18.4 Å². The molecule has 2 N–H and O–H groups in total. The molecule has 0 unspecified atom stereocenters. The lowest BCUT2D eigenvalue weighted by Gasteiger charge is -2.29. The largest absolute Gasteiger partial charge is 0.467 e. The molecule has 7 nitrogen and oxygen atoms in total. The van der Waals surface area contributed by atoms with Crippen molar-refractivity contribution in [2.75, 3.05) is 6.54 Å². The lowest BCUT2D eigenvalue weighted by Crippen LogP contribution is -2.45. The Kier molecular flexibility index (Phi) is 5.33. The molecule has 1 atom stereocenters. The van der Waals surface area contributed by atoms with Gasteiger partial charge in [0.05, 0.1) is 25.4 Å². The van der Waals surface area contributed by atoms with E-state index >= 15 is 0 Å². The number of nitrogens with one attached hydrogen (secondary N) is 2. The number of aromatic nitrogens is 1. The normalized spacial score (nSPS) is 14.6. The van der Waals surface area contributed by atoms with Gasteiger partial charge in [0.25, 0.3) is 0 Å². The number of rotatable bonds is 7. The molecule has 1 fully saturated rings. The van der Waals surface area contributed by atoms with Crippen molar-refractivity contribution >= 4 is 11.9 Å². The maximum absolute atomic E-state index is 12.6. The summed E-state index contributed by atoms with van der Waals surface area (Å²) in [4.78, 5) is 30.4. The van der Waals surface area contributed by atoms with Crippen molar-refractivity contribution in [3.63, 3.8) is 0 Å². The molecule has 1 saturated carbocycles. The van der Waals surface area contributed by atoms with Gasteiger partial charge in [-0.15, -0.1) is 0 Å². The Balaban J connectivity index is 1.52. The highest BCUT2D eigenvalue weighted by Gasteiger charge is 2.36. The number of carbonyl (C=O) groups is 2. The zero-order chi connectivity index (χ0) is 17.6. The summed E-state index contributed by atoms with van der Waals surface area (Å²) < 4.78 is 5.14. The second kappa shape index (κ2) is 7.83. The van der Waals surface area contributed by atoms with Gasteiger partial charge in [0, 0.05) is 18.4 Å². The molecule has 0 aromatic carbocycles. The molecule has 1 aliphatic carbocycles. The van der Waals surface area contributed by atoms with E-state index < -0.39 is 6.03 Å². The van der Waals surface area contributed by atoms with E-state index in [1.54, 1.807) is 30.8 Å². The fourth-order valence-electron chi connectivity index (χ4n) is 2.76. The van der Waals surface area contributed by atoms with Gasteiger partial charge < -0.3 is 20.0 Å². The van der Waals surface area contributed by atoms with Gasteiger partial charge in [-0.2, -0.15) is 0 Å². The number of furan rings is 1. The first kappa shape index (κ1) is 17.0. The Hall–Kier alpha value is -2.83. The van der Waals surface area contributed by atoms with E-state index in [9.17, 15) is 9.59 Å². The standard InChI is InChI=1S/C18H22N4O3/c1-13(14-4-2-8-19-10-14)22(15-6-7-15)17(23)12-21-18(24)20-11-16-5-3-9-25-16/h2-5,8-10,13,15H,6-7,11-12H2,1H3,(H2,20,21,24)/t13-/m1/s1. The molecule has 0 radical (unpaired) electrons. The van der Waals surface area contributed by atoms with E-state index in [0.29, 0.717) is 5.76 Å². The lowest BCUT2D eigenvalue weighted by atomic mass is 10.1. The molecule has 2 aromatic rings. The average molecular weight is 342 g/mol. The van der Waals surface area contributed by atoms with Crippen LogP contribution in [0.4, 0.5) is 4.79 Å². The van der Waals surface area contributed by atoms with E-state index in [1.807, 2.05) is 24.0 Å². The van der Waals surface area contributed by atoms with E-state index in [-0.39, 0.29) is 31.1 Å². The number of amides is 3. The molecule has 3 amide bonds. The number of urea groups is 1. The predicted octanol–water partition coefficient (Wildman–Crippen LogP) is 2.23. The third kappa shape index (κ3) is 4.59. The minimum absolute atomic E-state index is 0.0366. The van der Waals surface area contributed by atoms with Gasteiger partial charge in [-0.3, -0.25) is 9.78 Å². The number of pyridine rings is 1. The van der Waals surface area contributed by atoms with Gasteiger partial charge in [0.1, 0.15) is 5.76 Å². The number of nitrogens with zero attached hydrogens (tertiary/aromatic N) is 2. The SMILES string of the molecule is C[C@H](c1cccnc1)N(C(=O)CNC(=O)NCc1ccco1)C1CC1. The van der Waals surface area contributed by atoms with Gasteiger partial charge in [-0.05, 0) is 43.5 Å². The third-order valence-corrected chi connectivity index (χ3v) is 4.22. The summed E-state index contributed by atoms with van der Waals surface area (Å²) >= 11 is 0. The van der Waals surface area contributed by atoms with Crippen LogP contribution in [0.25, 0.3) is 0 Å². The average Bonchev–Trinajstić information content (AvgIpc) is 3.32. The van der Waals surface area contributed by atoms with Crippen molar-refractivity contribution in [2.45, 2.75) is 38.4 Å². The first-order valence-corrected chi connectivity index (χ1v) is 8.40. The number of carbonyl (C=O) groups excluding carboxylic acids is 2. The second-order valence-electron chi connectivity index (χ2n) is 6.11. The third-order valence-electron chi connectivity index (χ3n) is 4.22. The minimum Gasteiger partial charge on any atom is -0.467 e. The van der Waals surface area contributed by atoms with Crippen molar-refractivity contribution in [1.82, 2.24) is 20.5 Å². The van der Waals surface area contributed by atoms with Gasteiger partial charge in [0.15, 0.2) is 0 Å². The molecule has 7 heteroatoms. The van der Waals surface area contributed by atoms with Gasteiger partial charge in [-0.1, -0.05) is 6.07 Å². The van der Waals surface area contributed by atoms with Crippen LogP contribution in [0.2, 0.25) is 0 Å². The Morgan fingerprint density at radius 1 is 1.32 bits per heavy atom. The maximum Gasteiger partial charge on any atom is 0.315 e. The van der Waals surface area contributed by atoms with Crippen LogP contribution in [0.15, 0.2) is 47.3 Å². The van der Waals surface area contributed by atoms with Crippen molar-refractivity contribution in [3.05, 3.63) is 54.2 Å². The summed E-state index contributed by atoms with van der Waals surface area (Å²) in [6.07, 6.45) is 7.04. The van der Waals surface area contributed by atoms with E-state index in [1.165, 1.54) is 0 Å². The van der Waals surface area contributed by atoms with E-state index in [4.69, 9.17) is 4.42 Å². The maximum atomic E-state index is 12.6. The van der Waals surface area contributed by atoms with Crippen molar-refractivity contribution in [2.24, 2.45) is 0 Å². The van der Waals surface area contributed by atoms with Crippen molar-refractivity contribution in [3.8, 4) is 0 Å². The molecule has 2 aromatic heterocycles. The lowest BCUT2D eigenvalue weighted by molar-refractivity contribution is -0.132. The molecule has 2 heterocycles. The molecule has 3 rings (SSSR count). The topological polar surface area (TPSA) is 87.5 Å². The highest BCUT2D eigenvalue weighted by molar-refractivity contribution is 5.84. The fourth-order valence-corrected chi connectivity index (χ4v) is 2.76. The molecular formula is C18H22N4O3. The minimum atomic E-state index is -0.394. The highest BCUT2D eigenvalue weighted by atomic mass is 16.3. The molecule has 0 aliphatic heterocycles. The summed E-state index contributed by atoms with van der Waals surface area (Å²) in [5.74, 6) is 0.568. The van der Waals surface area contributed by atoms with Gasteiger partial charge in [0.2, 0.25) is 5.91 Å². The zero-order valence-corrected chi connectivity index (χ0v) is 14.1. The predicted molar refractivity (Wildman–Crippen MR) is 91.5 cm³/mol. The number of hydrogen-bond acceptors (Lipinski definition) is 4. The molecule has 0 bridgehead atoms. The van der Waals surface area contributed by atoms with Crippen LogP contribution >= 0.6 is 0 Å². The van der Waals surface area contributed by atoms with Gasteiger partial charge in [-0.25, -0.2) is 4.79 Å². The summed E-state index contributed by atoms with van der Waals surface area (Å²) in [5.41, 5.74) is 0.991. The summed E-state index contributed by atoms with van der Waals surface area (Å²) in [6, 6.07) is 7.14. The van der Waals surface area contributed by atoms with Crippen LogP contribution in [0.5, 0.6) is 0 Å². The molecule has 0 spiro atoms. The Labute approximate surface area is 146 Å². The van der Waals surface area contributed by atoms with Crippen LogP contribution < -0.4 is 10.6 Å². The first-order chi connectivity index (χ1) is 12.1. The Morgan fingerprint density at radius 3 is 2.80 bits per heavy atom. The van der Waals surface area contributed by atoms with Crippen LogP contribution in [-0.2, 0) is 11.3 Å². The second-order valence-corrected chi connectivity index (χ2v) is 6.11. The molecule has 0 saturated heterocycles. The monoisotopic (exact) mass is 342 g/mol. The summed E-state index contributed by atoms with van der Waals surface area (Å²) in [6.45, 7) is 2.24. The quantitative estimate of drug-likeness (QED) is 0.808. The van der Waals surface area contributed by atoms with Crippen LogP contribution in [-0.4, -0.2) is 34.4 Å². The number of hydrogen-bond donors (Lipinski definition) is 2. The van der Waals surface area contributed by atoms with Crippen molar-refractivity contribution in [1.29, 1.82) is 0 Å². The Morgan fingerprint density at radius 2 is 2.16 bits per heavy atom. The highest BCUT2D eigenvalue weighted by Crippen LogP contribution is 2.34. The Bertz CT molecular complexity index is 698. The van der Waals surface area contributed by atoms with Crippen LogP contribution in [0.3, 0.4) is 0 Å². The first-order valence-electron chi connectivity index (χ1n) is 8.40. The molecule has 132 valence electrons. The smallest absolute Gasteiger partial charge is 0.315 e. The zero-order valence-electron chi connectivity index (χ0n) is 14.1. The summed E-state index contributed by atoms with van der Waals surface area (Å²) in [5, 5.41) is 5.28. The van der Waals surface area contributed by atoms with Crippen LogP contribution in [0.1, 0.15) is 37.1 Å². The van der Waals surface area contributed by atoms with Gasteiger partial charge >= 0.3 is 6.03 Å². The van der Waals surface area contributed by atoms with Crippen molar-refractivity contribution < 1.29 is 14.0 Å². The van der Waals surface area contributed by atoms with Crippen LogP contribution in [0, 0.1) is 0 Å². The molecule has 25 heavy (non-hydrogen) atoms. The fraction of sp³-hybridized carbons (Fsp3) is 0.389.